The first-order chi connectivity index (χ1) is 11.7. The van der Waals surface area contributed by atoms with E-state index in [0.717, 1.165) is 16.9 Å². The zero-order chi connectivity index (χ0) is 18.7. The third-order valence-corrected chi connectivity index (χ3v) is 4.19. The lowest BCUT2D eigenvalue weighted by molar-refractivity contribution is -0.235. The number of carbonyl (C=O) groups is 1. The normalized spacial score (nSPS) is 30.7. The van der Waals surface area contributed by atoms with Crippen LogP contribution in [0.15, 0.2) is 18.2 Å². The van der Waals surface area contributed by atoms with Crippen LogP contribution >= 0.6 is 0 Å². The van der Waals surface area contributed by atoms with Gasteiger partial charge in [-0.05, 0) is 31.9 Å². The van der Waals surface area contributed by atoms with Gasteiger partial charge in [-0.3, -0.25) is 5.32 Å². The number of para-hydroxylation sites is 1. The highest BCUT2D eigenvalue weighted by atomic mass is 16.6. The maximum atomic E-state index is 11.1. The van der Waals surface area contributed by atoms with Crippen LogP contribution in [-0.2, 0) is 9.53 Å². The maximum absolute atomic E-state index is 11.1. The fourth-order valence-corrected chi connectivity index (χ4v) is 2.78. The highest BCUT2D eigenvalue weighted by molar-refractivity contribution is 5.73. The predicted octanol–water partition coefficient (Wildman–Crippen LogP) is -0.447. The second-order valence-corrected chi connectivity index (χ2v) is 6.39. The number of ether oxygens (including phenoxy) is 2. The van der Waals surface area contributed by atoms with E-state index in [1.54, 1.807) is 6.92 Å². The number of aliphatic hydroxyl groups is 3. The first-order valence-electron chi connectivity index (χ1n) is 8.10. The van der Waals surface area contributed by atoms with E-state index in [1.807, 2.05) is 32.0 Å². The minimum absolute atomic E-state index is 0.245. The highest BCUT2D eigenvalue weighted by Gasteiger charge is 2.47. The summed E-state index contributed by atoms with van der Waals surface area (Å²) < 4.78 is 11.0. The van der Waals surface area contributed by atoms with Gasteiger partial charge in [-0.15, -0.1) is 0 Å². The Labute approximate surface area is 146 Å². The molecule has 1 fully saturated rings. The molecule has 0 aromatic heterocycles. The van der Waals surface area contributed by atoms with Crippen LogP contribution in [0.5, 0.6) is 5.75 Å². The van der Waals surface area contributed by atoms with Crippen molar-refractivity contribution in [2.45, 2.75) is 57.5 Å². The third kappa shape index (κ3) is 4.47. The Hall–Kier alpha value is -1.71. The Morgan fingerprint density at radius 2 is 1.80 bits per heavy atom. The lowest BCUT2D eigenvalue weighted by atomic mass is 9.98. The lowest BCUT2D eigenvalue weighted by Gasteiger charge is -2.40. The molecule has 1 aliphatic rings. The molecule has 1 unspecified atom stereocenters. The van der Waals surface area contributed by atoms with Crippen LogP contribution in [0.2, 0.25) is 0 Å². The Morgan fingerprint density at radius 1 is 1.20 bits per heavy atom. The van der Waals surface area contributed by atoms with Gasteiger partial charge < -0.3 is 29.9 Å². The van der Waals surface area contributed by atoms with Gasteiger partial charge in [0.25, 0.3) is 0 Å². The number of nitrogens with one attached hydrogen (secondary N) is 1. The molecule has 1 aromatic carbocycles. The fraction of sp³-hybridized carbons (Fsp3) is 0.588. The summed E-state index contributed by atoms with van der Waals surface area (Å²) in [5.74, 6) is -0.648. The van der Waals surface area contributed by atoms with Gasteiger partial charge in [0.2, 0.25) is 0 Å². The largest absolute Gasteiger partial charge is 0.491 e. The molecule has 0 amide bonds. The molecule has 8 nitrogen and oxygen atoms in total. The van der Waals surface area contributed by atoms with E-state index < -0.39 is 36.6 Å². The molecular formula is C17H25NO7. The van der Waals surface area contributed by atoms with Crippen LogP contribution < -0.4 is 10.1 Å². The molecule has 1 aromatic rings. The van der Waals surface area contributed by atoms with Crippen molar-refractivity contribution in [1.29, 1.82) is 0 Å². The van der Waals surface area contributed by atoms with Crippen LogP contribution in [0.1, 0.15) is 18.1 Å². The number of carboxylic acids is 1. The molecule has 0 bridgehead atoms. The standard InChI is InChI=1S/C17H25NO7/c1-8-5-4-6-9(2)14(8)24-7-10(3)18-16-13(21)11(19)12(20)15(25-16)17(22)23/h4-6,10-13,15-16,18-21H,7H2,1-3H3,(H,22,23)/t10?,11-,12-,13+,15-,16+/m0/s1. The number of hydrogen-bond donors (Lipinski definition) is 5. The van der Waals surface area contributed by atoms with Crippen molar-refractivity contribution >= 4 is 5.97 Å². The molecule has 0 saturated carbocycles. The van der Waals surface area contributed by atoms with Gasteiger partial charge in [0.1, 0.15) is 36.9 Å². The molecule has 6 atom stereocenters. The van der Waals surface area contributed by atoms with Gasteiger partial charge in [-0.25, -0.2) is 4.79 Å². The van der Waals surface area contributed by atoms with E-state index in [1.165, 1.54) is 0 Å². The van der Waals surface area contributed by atoms with Crippen molar-refractivity contribution in [2.24, 2.45) is 0 Å². The van der Waals surface area contributed by atoms with E-state index in [0.29, 0.717) is 0 Å². The lowest BCUT2D eigenvalue weighted by Crippen LogP contribution is -2.64. The van der Waals surface area contributed by atoms with E-state index in [9.17, 15) is 20.1 Å². The Kier molecular flexibility index (Phi) is 6.36. The average molecular weight is 355 g/mol. The number of hydrogen-bond acceptors (Lipinski definition) is 7. The van der Waals surface area contributed by atoms with Crippen molar-refractivity contribution in [1.82, 2.24) is 5.32 Å². The molecule has 1 saturated heterocycles. The first kappa shape index (κ1) is 19.6. The van der Waals surface area contributed by atoms with Crippen molar-refractivity contribution < 1.29 is 34.7 Å². The number of aryl methyl sites for hydroxylation is 2. The topological polar surface area (TPSA) is 128 Å². The quantitative estimate of drug-likeness (QED) is 0.464. The fourth-order valence-electron chi connectivity index (χ4n) is 2.78. The molecule has 0 spiro atoms. The van der Waals surface area contributed by atoms with Crippen LogP contribution in [0.3, 0.4) is 0 Å². The number of rotatable bonds is 6. The van der Waals surface area contributed by atoms with Gasteiger partial charge >= 0.3 is 5.97 Å². The van der Waals surface area contributed by atoms with Crippen molar-refractivity contribution in [3.8, 4) is 5.75 Å². The zero-order valence-electron chi connectivity index (χ0n) is 14.4. The van der Waals surface area contributed by atoms with E-state index in [4.69, 9.17) is 14.6 Å². The van der Waals surface area contributed by atoms with Gasteiger partial charge in [0.15, 0.2) is 6.10 Å². The molecule has 5 N–H and O–H groups in total. The summed E-state index contributed by atoms with van der Waals surface area (Å²) in [6.07, 6.45) is -7.56. The molecule has 8 heteroatoms. The zero-order valence-corrected chi connectivity index (χ0v) is 14.4. The van der Waals surface area contributed by atoms with Crippen molar-refractivity contribution in [2.75, 3.05) is 6.61 Å². The Bertz CT molecular complexity index is 588. The minimum atomic E-state index is -1.70. The molecular weight excluding hydrogens is 330 g/mol. The van der Waals surface area contributed by atoms with E-state index in [-0.39, 0.29) is 12.6 Å². The van der Waals surface area contributed by atoms with Crippen LogP contribution in [0.25, 0.3) is 0 Å². The molecule has 1 heterocycles. The van der Waals surface area contributed by atoms with Gasteiger partial charge in [0, 0.05) is 6.04 Å². The predicted molar refractivity (Wildman–Crippen MR) is 88.3 cm³/mol. The molecule has 25 heavy (non-hydrogen) atoms. The Morgan fingerprint density at radius 3 is 2.36 bits per heavy atom. The van der Waals surface area contributed by atoms with Crippen LogP contribution in [0, 0.1) is 13.8 Å². The molecule has 0 aliphatic carbocycles. The number of carboxylic acid groups (broad SMARTS) is 1. The van der Waals surface area contributed by atoms with Crippen molar-refractivity contribution in [3.05, 3.63) is 29.3 Å². The summed E-state index contributed by atoms with van der Waals surface area (Å²) in [5, 5.41) is 41.4. The van der Waals surface area contributed by atoms with Gasteiger partial charge in [-0.2, -0.15) is 0 Å². The molecule has 0 radical (unpaired) electrons. The molecule has 140 valence electrons. The van der Waals surface area contributed by atoms with Crippen LogP contribution in [-0.4, -0.2) is 69.7 Å². The summed E-state index contributed by atoms with van der Waals surface area (Å²) in [6, 6.07) is 5.49. The first-order valence-corrected chi connectivity index (χ1v) is 8.10. The summed E-state index contributed by atoms with van der Waals surface area (Å²) in [6.45, 7) is 5.89. The van der Waals surface area contributed by atoms with Gasteiger partial charge in [0.05, 0.1) is 0 Å². The highest BCUT2D eigenvalue weighted by Crippen LogP contribution is 2.23. The number of aliphatic hydroxyl groups excluding tert-OH is 3. The average Bonchev–Trinajstić information content (AvgIpc) is 2.54. The third-order valence-electron chi connectivity index (χ3n) is 4.19. The second kappa shape index (κ2) is 8.11. The summed E-state index contributed by atoms with van der Waals surface area (Å²) in [4.78, 5) is 11.1. The molecule has 1 aliphatic heterocycles. The smallest absolute Gasteiger partial charge is 0.335 e. The summed E-state index contributed by atoms with van der Waals surface area (Å²) in [7, 11) is 0. The Balaban J connectivity index is 1.97. The van der Waals surface area contributed by atoms with E-state index in [2.05, 4.69) is 5.32 Å². The monoisotopic (exact) mass is 355 g/mol. The van der Waals surface area contributed by atoms with Crippen molar-refractivity contribution in [3.63, 3.8) is 0 Å². The number of aliphatic carboxylic acids is 1. The summed E-state index contributed by atoms with van der Waals surface area (Å²) >= 11 is 0. The summed E-state index contributed by atoms with van der Waals surface area (Å²) in [5.41, 5.74) is 1.98. The SMILES string of the molecule is Cc1cccc(C)c1OCC(C)N[C@@H]1O[C@H](C(=O)O)[C@@H](O)[C@H](O)[C@H]1O. The van der Waals surface area contributed by atoms with Crippen LogP contribution in [0.4, 0.5) is 0 Å². The molecule has 2 rings (SSSR count). The minimum Gasteiger partial charge on any atom is -0.491 e. The van der Waals surface area contributed by atoms with Gasteiger partial charge in [-0.1, -0.05) is 18.2 Å². The van der Waals surface area contributed by atoms with E-state index >= 15 is 0 Å². The maximum Gasteiger partial charge on any atom is 0.335 e. The number of benzene rings is 1. The second-order valence-electron chi connectivity index (χ2n) is 6.39.